The van der Waals surface area contributed by atoms with Crippen LogP contribution >= 0.6 is 11.8 Å². The number of nitrogens with zero attached hydrogens (tertiary/aromatic N) is 1. The number of aliphatic carboxylic acids is 1. The molecule has 2 aromatic carbocycles. The summed E-state index contributed by atoms with van der Waals surface area (Å²) in [6.07, 6.45) is 1.30. The van der Waals surface area contributed by atoms with Gasteiger partial charge in [0.05, 0.1) is 5.88 Å². The van der Waals surface area contributed by atoms with E-state index >= 15 is 0 Å². The third-order valence-electron chi connectivity index (χ3n) is 6.85. The molecule has 7 nitrogen and oxygen atoms in total. The first-order valence-electron chi connectivity index (χ1n) is 11.2. The molecule has 2 amide bonds. The van der Waals surface area contributed by atoms with Crippen molar-refractivity contribution in [1.82, 2.24) is 10.2 Å². The van der Waals surface area contributed by atoms with Crippen LogP contribution in [0, 0.1) is 5.92 Å². The average Bonchev–Trinajstić information content (AvgIpc) is 3.40. The summed E-state index contributed by atoms with van der Waals surface area (Å²) < 4.78 is 5.59. The number of amides is 2. The topological polar surface area (TPSA) is 95.9 Å². The fourth-order valence-corrected chi connectivity index (χ4v) is 6.26. The van der Waals surface area contributed by atoms with Crippen molar-refractivity contribution >= 4 is 29.7 Å². The highest BCUT2D eigenvalue weighted by atomic mass is 32.2. The number of benzene rings is 2. The zero-order valence-corrected chi connectivity index (χ0v) is 18.9. The summed E-state index contributed by atoms with van der Waals surface area (Å²) in [6.45, 7) is 0.275. The van der Waals surface area contributed by atoms with Gasteiger partial charge in [-0.1, -0.05) is 48.5 Å². The standard InChI is InChI=1S/C25H26N2O5S/c28-23(27-14-33-13-22(27)24(29)30)11-15-9-16(10-15)26-25(31)32-12-21-19-7-3-1-5-17(19)18-6-2-4-8-20(18)21/h1-8,15-16,21-22H,9-14H2,(H,26,31)(H,29,30)/t15?,16?,22-/m0/s1. The van der Waals surface area contributed by atoms with Crippen molar-refractivity contribution in [3.05, 3.63) is 59.7 Å². The van der Waals surface area contributed by atoms with Gasteiger partial charge in [-0.3, -0.25) is 4.79 Å². The van der Waals surface area contributed by atoms with Gasteiger partial charge < -0.3 is 20.1 Å². The fraction of sp³-hybridized carbons (Fsp3) is 0.400. The summed E-state index contributed by atoms with van der Waals surface area (Å²) in [5.74, 6) is 0.00220. The number of carboxylic acids is 1. The van der Waals surface area contributed by atoms with Gasteiger partial charge in [0, 0.05) is 24.1 Å². The Hall–Kier alpha value is -3.00. The van der Waals surface area contributed by atoms with E-state index in [1.165, 1.54) is 38.9 Å². The van der Waals surface area contributed by atoms with E-state index in [9.17, 15) is 19.5 Å². The lowest BCUT2D eigenvalue weighted by Crippen LogP contribution is -2.47. The molecule has 1 saturated carbocycles. The van der Waals surface area contributed by atoms with Crippen LogP contribution in [0.4, 0.5) is 4.79 Å². The zero-order valence-electron chi connectivity index (χ0n) is 18.1. The minimum atomic E-state index is -0.947. The van der Waals surface area contributed by atoms with Gasteiger partial charge in [0.2, 0.25) is 5.91 Å². The van der Waals surface area contributed by atoms with Gasteiger partial charge in [-0.25, -0.2) is 9.59 Å². The Morgan fingerprint density at radius 3 is 2.30 bits per heavy atom. The van der Waals surface area contributed by atoms with Crippen LogP contribution in [-0.4, -0.2) is 58.3 Å². The molecule has 2 aliphatic carbocycles. The van der Waals surface area contributed by atoms with Crippen LogP contribution in [0.1, 0.15) is 36.3 Å². The number of nitrogens with one attached hydrogen (secondary N) is 1. The molecule has 172 valence electrons. The number of thioether (sulfide) groups is 1. The van der Waals surface area contributed by atoms with Crippen molar-refractivity contribution < 1.29 is 24.2 Å². The normalized spacial score (nSPS) is 23.4. The first-order chi connectivity index (χ1) is 16.0. The molecular formula is C25H26N2O5S. The van der Waals surface area contributed by atoms with Crippen LogP contribution < -0.4 is 5.32 Å². The van der Waals surface area contributed by atoms with Gasteiger partial charge in [0.1, 0.15) is 12.6 Å². The maximum atomic E-state index is 12.5. The molecule has 2 N–H and O–H groups in total. The maximum absolute atomic E-state index is 12.5. The monoisotopic (exact) mass is 466 g/mol. The molecule has 0 radical (unpaired) electrons. The van der Waals surface area contributed by atoms with Gasteiger partial charge in [-0.2, -0.15) is 0 Å². The van der Waals surface area contributed by atoms with Crippen molar-refractivity contribution in [2.24, 2.45) is 5.92 Å². The second-order valence-electron chi connectivity index (χ2n) is 8.93. The van der Waals surface area contributed by atoms with Crippen molar-refractivity contribution in [3.63, 3.8) is 0 Å². The molecule has 33 heavy (non-hydrogen) atoms. The van der Waals surface area contributed by atoms with Gasteiger partial charge in [0.25, 0.3) is 0 Å². The second kappa shape index (κ2) is 9.09. The van der Waals surface area contributed by atoms with Crippen LogP contribution in [0.5, 0.6) is 0 Å². The molecule has 8 heteroatoms. The number of hydrogen-bond donors (Lipinski definition) is 2. The number of ether oxygens (including phenoxy) is 1. The first kappa shape index (κ1) is 21.8. The second-order valence-corrected chi connectivity index (χ2v) is 9.93. The van der Waals surface area contributed by atoms with E-state index in [2.05, 4.69) is 29.6 Å². The largest absolute Gasteiger partial charge is 0.480 e. The molecule has 1 heterocycles. The van der Waals surface area contributed by atoms with E-state index in [0.29, 0.717) is 30.9 Å². The highest BCUT2D eigenvalue weighted by molar-refractivity contribution is 7.99. The van der Waals surface area contributed by atoms with Crippen LogP contribution in [-0.2, 0) is 14.3 Å². The lowest BCUT2D eigenvalue weighted by atomic mass is 9.78. The predicted octanol–water partition coefficient (Wildman–Crippen LogP) is 3.68. The quantitative estimate of drug-likeness (QED) is 0.674. The molecular weight excluding hydrogens is 440 g/mol. The predicted molar refractivity (Wildman–Crippen MR) is 125 cm³/mol. The van der Waals surface area contributed by atoms with Gasteiger partial charge in [-0.05, 0) is 41.0 Å². The number of carbonyl (C=O) groups is 3. The fourth-order valence-electron chi connectivity index (χ4n) is 5.08. The Morgan fingerprint density at radius 2 is 1.67 bits per heavy atom. The van der Waals surface area contributed by atoms with Crippen LogP contribution in [0.2, 0.25) is 0 Å². The maximum Gasteiger partial charge on any atom is 0.407 e. The summed E-state index contributed by atoms with van der Waals surface area (Å²) in [5.41, 5.74) is 4.73. The minimum absolute atomic E-state index is 0.0123. The number of carbonyl (C=O) groups excluding carboxylic acids is 2. The summed E-state index contributed by atoms with van der Waals surface area (Å²) in [5, 5.41) is 12.2. The van der Waals surface area contributed by atoms with Crippen LogP contribution in [0.3, 0.4) is 0 Å². The van der Waals surface area contributed by atoms with Gasteiger partial charge >= 0.3 is 12.1 Å². The number of rotatable bonds is 6. The van der Waals surface area contributed by atoms with Crippen molar-refractivity contribution in [3.8, 4) is 11.1 Å². The smallest absolute Gasteiger partial charge is 0.407 e. The summed E-state index contributed by atoms with van der Waals surface area (Å²) in [6, 6.07) is 15.7. The molecule has 2 fully saturated rings. The van der Waals surface area contributed by atoms with Gasteiger partial charge in [0.15, 0.2) is 0 Å². The van der Waals surface area contributed by atoms with Gasteiger partial charge in [-0.15, -0.1) is 11.8 Å². The first-order valence-corrected chi connectivity index (χ1v) is 12.4. The molecule has 3 aliphatic rings. The van der Waals surface area contributed by atoms with E-state index < -0.39 is 18.1 Å². The van der Waals surface area contributed by atoms with E-state index in [1.54, 1.807) is 0 Å². The van der Waals surface area contributed by atoms with Crippen molar-refractivity contribution in [2.45, 2.75) is 37.3 Å². The molecule has 5 rings (SSSR count). The Kier molecular flexibility index (Phi) is 6.01. The van der Waals surface area contributed by atoms with E-state index in [0.717, 1.165) is 0 Å². The number of fused-ring (bicyclic) bond motifs is 3. The molecule has 1 saturated heterocycles. The third kappa shape index (κ3) is 4.31. The lowest BCUT2D eigenvalue weighted by molar-refractivity contribution is -0.148. The highest BCUT2D eigenvalue weighted by Crippen LogP contribution is 2.44. The molecule has 0 aromatic heterocycles. The molecule has 2 aromatic rings. The highest BCUT2D eigenvalue weighted by Gasteiger charge is 2.38. The third-order valence-corrected chi connectivity index (χ3v) is 7.86. The number of carboxylic acid groups (broad SMARTS) is 1. The van der Waals surface area contributed by atoms with E-state index in [-0.39, 0.29) is 30.4 Å². The number of alkyl carbamates (subject to hydrolysis) is 1. The average molecular weight is 467 g/mol. The molecule has 1 aliphatic heterocycles. The van der Waals surface area contributed by atoms with E-state index in [4.69, 9.17) is 4.74 Å². The summed E-state index contributed by atoms with van der Waals surface area (Å²) in [4.78, 5) is 37.6. The summed E-state index contributed by atoms with van der Waals surface area (Å²) >= 11 is 1.47. The minimum Gasteiger partial charge on any atom is -0.480 e. The molecule has 0 unspecified atom stereocenters. The van der Waals surface area contributed by atoms with Crippen molar-refractivity contribution in [2.75, 3.05) is 18.2 Å². The summed E-state index contributed by atoms with van der Waals surface area (Å²) in [7, 11) is 0. The Balaban J connectivity index is 1.09. The SMILES string of the molecule is O=C(NC1CC(CC(=O)N2CSC[C@H]2C(=O)O)C1)OCC1c2ccccc2-c2ccccc21. The zero-order chi connectivity index (χ0) is 22.9. The molecule has 0 bridgehead atoms. The Morgan fingerprint density at radius 1 is 1.03 bits per heavy atom. The van der Waals surface area contributed by atoms with Crippen LogP contribution in [0.15, 0.2) is 48.5 Å². The lowest BCUT2D eigenvalue weighted by Gasteiger charge is -2.36. The van der Waals surface area contributed by atoms with Crippen molar-refractivity contribution in [1.29, 1.82) is 0 Å². The Bertz CT molecular complexity index is 1040. The molecule has 1 atom stereocenters. The Labute approximate surface area is 196 Å². The van der Waals surface area contributed by atoms with Crippen LogP contribution in [0.25, 0.3) is 11.1 Å². The van der Waals surface area contributed by atoms with E-state index in [1.807, 2.05) is 24.3 Å². The molecule has 0 spiro atoms. The number of hydrogen-bond acceptors (Lipinski definition) is 5.